The van der Waals surface area contributed by atoms with Crippen molar-refractivity contribution in [2.75, 3.05) is 0 Å². The molecule has 0 spiro atoms. The van der Waals surface area contributed by atoms with E-state index in [0.29, 0.717) is 0 Å². The van der Waals surface area contributed by atoms with Crippen molar-refractivity contribution < 1.29 is 0 Å². The molecule has 0 aliphatic heterocycles. The van der Waals surface area contributed by atoms with Gasteiger partial charge in [0.2, 0.25) is 0 Å². The van der Waals surface area contributed by atoms with Gasteiger partial charge in [0.1, 0.15) is 6.07 Å². The van der Waals surface area contributed by atoms with Crippen molar-refractivity contribution in [1.29, 1.82) is 5.26 Å². The fraction of sp³-hybridized carbons (Fsp3) is 0.250. The molecule has 0 amide bonds. The van der Waals surface area contributed by atoms with Crippen molar-refractivity contribution in [3.05, 3.63) is 35.0 Å². The topological polar surface area (TPSA) is 28.7 Å². The maximum absolute atomic E-state index is 9.00. The molecular weight excluding hydrogens is 172 g/mol. The fourth-order valence-electron chi connectivity index (χ4n) is 1.85. The molecule has 0 radical (unpaired) electrons. The number of rotatable bonds is 0. The monoisotopic (exact) mass is 184 g/mol. The van der Waals surface area contributed by atoms with E-state index in [1.165, 1.54) is 11.1 Å². The molecule has 0 atom stereocenters. The minimum absolute atomic E-state index is 0.767. The third-order valence-corrected chi connectivity index (χ3v) is 2.81. The highest BCUT2D eigenvalue weighted by molar-refractivity contribution is 5.90. The quantitative estimate of drug-likeness (QED) is 0.618. The summed E-state index contributed by atoms with van der Waals surface area (Å²) in [5.41, 5.74) is 4.34. The Morgan fingerprint density at radius 1 is 1.29 bits per heavy atom. The molecule has 0 aliphatic carbocycles. The highest BCUT2D eigenvalue weighted by Crippen LogP contribution is 2.25. The Bertz CT molecular complexity index is 541. The van der Waals surface area contributed by atoms with Gasteiger partial charge in [-0.25, -0.2) is 0 Å². The Kier molecular flexibility index (Phi) is 1.82. The molecule has 14 heavy (non-hydrogen) atoms. The van der Waals surface area contributed by atoms with Crippen molar-refractivity contribution >= 4 is 10.9 Å². The number of fused-ring (bicyclic) bond motifs is 1. The van der Waals surface area contributed by atoms with Crippen LogP contribution in [0.4, 0.5) is 0 Å². The zero-order chi connectivity index (χ0) is 10.3. The summed E-state index contributed by atoms with van der Waals surface area (Å²) in [5.74, 6) is 0. The number of nitrogens with zero attached hydrogens (tertiary/aromatic N) is 2. The molecule has 0 saturated heterocycles. The van der Waals surface area contributed by atoms with Crippen LogP contribution in [0.3, 0.4) is 0 Å². The van der Waals surface area contributed by atoms with E-state index in [9.17, 15) is 0 Å². The fourth-order valence-corrected chi connectivity index (χ4v) is 1.85. The summed E-state index contributed by atoms with van der Waals surface area (Å²) < 4.78 is 2.00. The zero-order valence-corrected chi connectivity index (χ0v) is 8.63. The highest BCUT2D eigenvalue weighted by Gasteiger charge is 2.09. The smallest absolute Gasteiger partial charge is 0.101 e. The second-order valence-corrected chi connectivity index (χ2v) is 3.67. The minimum Gasteiger partial charge on any atom is -0.349 e. The molecule has 0 unspecified atom stereocenters. The van der Waals surface area contributed by atoms with Gasteiger partial charge in [-0.1, -0.05) is 6.07 Å². The first kappa shape index (κ1) is 8.83. The predicted molar refractivity (Wildman–Crippen MR) is 57.1 cm³/mol. The van der Waals surface area contributed by atoms with Crippen LogP contribution in [0.5, 0.6) is 0 Å². The Morgan fingerprint density at radius 2 is 2.00 bits per heavy atom. The van der Waals surface area contributed by atoms with E-state index in [4.69, 9.17) is 5.26 Å². The van der Waals surface area contributed by atoms with Gasteiger partial charge in [-0.05, 0) is 31.0 Å². The van der Waals surface area contributed by atoms with E-state index in [1.54, 1.807) is 0 Å². The Labute approximate surface area is 83.4 Å². The van der Waals surface area contributed by atoms with Crippen molar-refractivity contribution in [2.45, 2.75) is 13.8 Å². The van der Waals surface area contributed by atoms with E-state index in [2.05, 4.69) is 32.0 Å². The molecular formula is C12H12N2. The summed E-state index contributed by atoms with van der Waals surface area (Å²) in [7, 11) is 1.97. The van der Waals surface area contributed by atoms with Crippen molar-refractivity contribution in [3.8, 4) is 6.07 Å². The van der Waals surface area contributed by atoms with Gasteiger partial charge in [0.15, 0.2) is 0 Å². The summed E-state index contributed by atoms with van der Waals surface area (Å²) in [5, 5.41) is 10.1. The Morgan fingerprint density at radius 3 is 2.64 bits per heavy atom. The third-order valence-electron chi connectivity index (χ3n) is 2.81. The standard InChI is InChI=1S/C12H12N2/c1-8-4-5-11-12(9(8)2)10(6-13)7-14(11)3/h4-5,7H,1-3H3. The number of aryl methyl sites for hydroxylation is 3. The molecule has 2 nitrogen and oxygen atoms in total. The lowest BCUT2D eigenvalue weighted by molar-refractivity contribution is 0.967. The van der Waals surface area contributed by atoms with Crippen LogP contribution in [0.25, 0.3) is 10.9 Å². The largest absolute Gasteiger partial charge is 0.349 e. The van der Waals surface area contributed by atoms with E-state index in [0.717, 1.165) is 16.5 Å². The van der Waals surface area contributed by atoms with Gasteiger partial charge in [-0.2, -0.15) is 5.26 Å². The lowest BCUT2D eigenvalue weighted by Crippen LogP contribution is -1.86. The van der Waals surface area contributed by atoms with Gasteiger partial charge >= 0.3 is 0 Å². The molecule has 1 aromatic carbocycles. The third kappa shape index (κ3) is 1.03. The molecule has 70 valence electrons. The van der Waals surface area contributed by atoms with Crippen LogP contribution in [0.2, 0.25) is 0 Å². The van der Waals surface area contributed by atoms with E-state index in [-0.39, 0.29) is 0 Å². The number of benzene rings is 1. The van der Waals surface area contributed by atoms with Crippen LogP contribution in [0.15, 0.2) is 18.3 Å². The molecule has 0 fully saturated rings. The molecule has 0 N–H and O–H groups in total. The van der Waals surface area contributed by atoms with Crippen molar-refractivity contribution in [1.82, 2.24) is 4.57 Å². The summed E-state index contributed by atoms with van der Waals surface area (Å²) in [4.78, 5) is 0. The van der Waals surface area contributed by atoms with Gasteiger partial charge in [-0.3, -0.25) is 0 Å². The molecule has 0 aliphatic rings. The van der Waals surface area contributed by atoms with Gasteiger partial charge in [0.25, 0.3) is 0 Å². The van der Waals surface area contributed by atoms with Crippen LogP contribution in [0.1, 0.15) is 16.7 Å². The first-order valence-corrected chi connectivity index (χ1v) is 4.60. The van der Waals surface area contributed by atoms with Crippen LogP contribution >= 0.6 is 0 Å². The SMILES string of the molecule is Cc1ccc2c(c(C#N)cn2C)c1C. The molecule has 2 aromatic rings. The second kappa shape index (κ2) is 2.88. The number of hydrogen-bond acceptors (Lipinski definition) is 1. The second-order valence-electron chi connectivity index (χ2n) is 3.67. The summed E-state index contributed by atoms with van der Waals surface area (Å²) >= 11 is 0. The molecule has 0 saturated carbocycles. The van der Waals surface area contributed by atoms with E-state index in [1.807, 2.05) is 17.8 Å². The number of aromatic nitrogens is 1. The lowest BCUT2D eigenvalue weighted by Gasteiger charge is -2.02. The maximum atomic E-state index is 9.00. The van der Waals surface area contributed by atoms with Crippen LogP contribution < -0.4 is 0 Å². The maximum Gasteiger partial charge on any atom is 0.101 e. The summed E-state index contributed by atoms with van der Waals surface area (Å²) in [6.45, 7) is 4.14. The molecule has 1 aromatic heterocycles. The first-order valence-electron chi connectivity index (χ1n) is 4.60. The molecule has 1 heterocycles. The Balaban J connectivity index is 3.00. The van der Waals surface area contributed by atoms with Crippen LogP contribution in [-0.4, -0.2) is 4.57 Å². The van der Waals surface area contributed by atoms with Crippen LogP contribution in [0, 0.1) is 25.2 Å². The van der Waals surface area contributed by atoms with Crippen molar-refractivity contribution in [2.24, 2.45) is 7.05 Å². The summed E-state index contributed by atoms with van der Waals surface area (Å²) in [6, 6.07) is 6.40. The zero-order valence-electron chi connectivity index (χ0n) is 8.63. The summed E-state index contributed by atoms with van der Waals surface area (Å²) in [6.07, 6.45) is 1.89. The van der Waals surface area contributed by atoms with Crippen LogP contribution in [-0.2, 0) is 7.05 Å². The van der Waals surface area contributed by atoms with Crippen molar-refractivity contribution in [3.63, 3.8) is 0 Å². The van der Waals surface area contributed by atoms with Gasteiger partial charge in [0, 0.05) is 24.1 Å². The average Bonchev–Trinajstić information content (AvgIpc) is 2.50. The number of hydrogen-bond donors (Lipinski definition) is 0. The number of nitriles is 1. The average molecular weight is 184 g/mol. The van der Waals surface area contributed by atoms with E-state index < -0.39 is 0 Å². The molecule has 2 rings (SSSR count). The van der Waals surface area contributed by atoms with Gasteiger partial charge < -0.3 is 4.57 Å². The van der Waals surface area contributed by atoms with E-state index >= 15 is 0 Å². The highest BCUT2D eigenvalue weighted by atomic mass is 14.9. The molecule has 0 bridgehead atoms. The normalized spacial score (nSPS) is 10.4. The van der Waals surface area contributed by atoms with Gasteiger partial charge in [-0.15, -0.1) is 0 Å². The first-order chi connectivity index (χ1) is 6.65. The molecule has 2 heteroatoms. The predicted octanol–water partition coefficient (Wildman–Crippen LogP) is 2.67. The Hall–Kier alpha value is -1.75. The minimum atomic E-state index is 0.767. The lowest BCUT2D eigenvalue weighted by atomic mass is 10.0. The van der Waals surface area contributed by atoms with Gasteiger partial charge in [0.05, 0.1) is 5.56 Å².